The summed E-state index contributed by atoms with van der Waals surface area (Å²) in [6.45, 7) is -0.477. The van der Waals surface area contributed by atoms with Crippen LogP contribution in [-0.2, 0) is 16.6 Å². The average Bonchev–Trinajstić information content (AvgIpc) is 2.96. The van der Waals surface area contributed by atoms with Gasteiger partial charge in [0, 0.05) is 5.56 Å². The van der Waals surface area contributed by atoms with E-state index in [-0.39, 0.29) is 17.0 Å². The second-order valence-electron chi connectivity index (χ2n) is 4.00. The first-order valence-corrected chi connectivity index (χ1v) is 7.42. The third-order valence-electron chi connectivity index (χ3n) is 2.55. The molecule has 5 nitrogen and oxygen atoms in total. The SMILES string of the molecule is O=S(=O)(NCc1ccco1)c1ccc(F)cc1C#CCO. The number of halogens is 1. The van der Waals surface area contributed by atoms with E-state index in [0.29, 0.717) is 5.76 Å². The lowest BCUT2D eigenvalue weighted by atomic mass is 10.2. The third kappa shape index (κ3) is 3.92. The predicted molar refractivity (Wildman–Crippen MR) is 73.1 cm³/mol. The van der Waals surface area contributed by atoms with E-state index in [1.165, 1.54) is 6.26 Å². The quantitative estimate of drug-likeness (QED) is 0.833. The van der Waals surface area contributed by atoms with Crippen molar-refractivity contribution in [1.29, 1.82) is 0 Å². The summed E-state index contributed by atoms with van der Waals surface area (Å²) < 4.78 is 45.0. The molecule has 1 aromatic heterocycles. The van der Waals surface area contributed by atoms with E-state index in [2.05, 4.69) is 16.6 Å². The van der Waals surface area contributed by atoms with Crippen molar-refractivity contribution in [1.82, 2.24) is 4.72 Å². The second-order valence-corrected chi connectivity index (χ2v) is 5.74. The van der Waals surface area contributed by atoms with Crippen LogP contribution in [0.5, 0.6) is 0 Å². The molecule has 0 aliphatic rings. The third-order valence-corrected chi connectivity index (χ3v) is 4.01. The zero-order valence-corrected chi connectivity index (χ0v) is 11.7. The highest BCUT2D eigenvalue weighted by molar-refractivity contribution is 7.89. The summed E-state index contributed by atoms with van der Waals surface area (Å²) >= 11 is 0. The lowest BCUT2D eigenvalue weighted by Gasteiger charge is -2.07. The van der Waals surface area contributed by atoms with Crippen molar-refractivity contribution in [2.45, 2.75) is 11.4 Å². The summed E-state index contributed by atoms with van der Waals surface area (Å²) in [5.74, 6) is 4.56. The normalized spacial score (nSPS) is 11.0. The van der Waals surface area contributed by atoms with E-state index in [9.17, 15) is 12.8 Å². The fourth-order valence-electron chi connectivity index (χ4n) is 1.63. The van der Waals surface area contributed by atoms with Gasteiger partial charge in [0.25, 0.3) is 0 Å². The highest BCUT2D eigenvalue weighted by Gasteiger charge is 2.18. The fraction of sp³-hybridized carbons (Fsp3) is 0.143. The van der Waals surface area contributed by atoms with Crippen LogP contribution >= 0.6 is 0 Å². The first-order chi connectivity index (χ1) is 10.0. The minimum Gasteiger partial charge on any atom is -0.468 e. The van der Waals surface area contributed by atoms with Crippen LogP contribution in [0.4, 0.5) is 4.39 Å². The number of nitrogens with one attached hydrogen (secondary N) is 1. The molecule has 0 saturated heterocycles. The van der Waals surface area contributed by atoms with Crippen LogP contribution in [0.3, 0.4) is 0 Å². The Kier molecular flexibility index (Phi) is 4.75. The molecule has 0 atom stereocenters. The molecule has 2 N–H and O–H groups in total. The summed E-state index contributed by atoms with van der Waals surface area (Å²) in [5.41, 5.74) is -0.0176. The predicted octanol–water partition coefficient (Wildman–Crippen LogP) is 1.24. The molecule has 0 bridgehead atoms. The summed E-state index contributed by atoms with van der Waals surface area (Å²) in [4.78, 5) is -0.156. The van der Waals surface area contributed by atoms with E-state index in [1.54, 1.807) is 12.1 Å². The van der Waals surface area contributed by atoms with Crippen molar-refractivity contribution >= 4 is 10.0 Å². The second kappa shape index (κ2) is 6.54. The van der Waals surface area contributed by atoms with Gasteiger partial charge in [0.2, 0.25) is 10.0 Å². The minimum absolute atomic E-state index is 0.0176. The zero-order chi connectivity index (χ0) is 15.3. The van der Waals surface area contributed by atoms with Gasteiger partial charge >= 0.3 is 0 Å². The highest BCUT2D eigenvalue weighted by Crippen LogP contribution is 2.16. The Morgan fingerprint density at radius 3 is 2.81 bits per heavy atom. The van der Waals surface area contributed by atoms with Crippen molar-refractivity contribution in [3.05, 3.63) is 53.7 Å². The van der Waals surface area contributed by atoms with Gasteiger partial charge < -0.3 is 9.52 Å². The van der Waals surface area contributed by atoms with Gasteiger partial charge in [-0.15, -0.1) is 0 Å². The van der Waals surface area contributed by atoms with E-state index < -0.39 is 22.4 Å². The molecule has 0 aliphatic heterocycles. The number of benzene rings is 1. The Morgan fingerprint density at radius 1 is 1.33 bits per heavy atom. The summed E-state index contributed by atoms with van der Waals surface area (Å²) in [5, 5.41) is 8.67. The number of furan rings is 1. The molecule has 0 unspecified atom stereocenters. The molecule has 0 aliphatic carbocycles. The van der Waals surface area contributed by atoms with Gasteiger partial charge in [-0.05, 0) is 30.3 Å². The van der Waals surface area contributed by atoms with Gasteiger partial charge in [0.05, 0.1) is 17.7 Å². The van der Waals surface area contributed by atoms with Gasteiger partial charge in [0.15, 0.2) is 0 Å². The molecule has 0 radical (unpaired) electrons. The van der Waals surface area contributed by atoms with Crippen LogP contribution in [0.25, 0.3) is 0 Å². The van der Waals surface area contributed by atoms with E-state index >= 15 is 0 Å². The average molecular weight is 309 g/mol. The van der Waals surface area contributed by atoms with Crippen molar-refractivity contribution in [3.63, 3.8) is 0 Å². The van der Waals surface area contributed by atoms with Crippen LogP contribution < -0.4 is 4.72 Å². The molecule has 2 rings (SSSR count). The lowest BCUT2D eigenvalue weighted by molar-refractivity contribution is 0.350. The Labute approximate surface area is 121 Å². The molecule has 7 heteroatoms. The molecular weight excluding hydrogens is 297 g/mol. The maximum absolute atomic E-state index is 13.2. The molecule has 0 spiro atoms. The van der Waals surface area contributed by atoms with Crippen LogP contribution in [0.2, 0.25) is 0 Å². The van der Waals surface area contributed by atoms with E-state index in [1.807, 2.05) is 0 Å². The van der Waals surface area contributed by atoms with Crippen LogP contribution in [0.15, 0.2) is 45.9 Å². The molecule has 0 fully saturated rings. The monoisotopic (exact) mass is 309 g/mol. The number of aliphatic hydroxyl groups is 1. The van der Waals surface area contributed by atoms with E-state index in [4.69, 9.17) is 9.52 Å². The molecule has 0 saturated carbocycles. The van der Waals surface area contributed by atoms with Gasteiger partial charge in [-0.2, -0.15) is 0 Å². The van der Waals surface area contributed by atoms with Crippen molar-refractivity contribution < 1.29 is 22.3 Å². The molecule has 2 aromatic rings. The van der Waals surface area contributed by atoms with Gasteiger partial charge in [0.1, 0.15) is 18.2 Å². The first-order valence-electron chi connectivity index (χ1n) is 5.94. The molecule has 1 aromatic carbocycles. The fourth-order valence-corrected chi connectivity index (χ4v) is 2.76. The standard InChI is InChI=1S/C14H12FNO4S/c15-12-5-6-14(11(9-12)3-1-7-17)21(18,19)16-10-13-4-2-8-20-13/h2,4-6,8-9,16-17H,7,10H2. The number of aliphatic hydroxyl groups excluding tert-OH is 1. The topological polar surface area (TPSA) is 79.5 Å². The number of sulfonamides is 1. The Balaban J connectivity index is 2.30. The largest absolute Gasteiger partial charge is 0.468 e. The first kappa shape index (κ1) is 15.3. The maximum Gasteiger partial charge on any atom is 0.242 e. The van der Waals surface area contributed by atoms with Crippen LogP contribution in [-0.4, -0.2) is 20.1 Å². The van der Waals surface area contributed by atoms with Crippen LogP contribution in [0, 0.1) is 17.7 Å². The summed E-state index contributed by atoms with van der Waals surface area (Å²) in [6.07, 6.45) is 1.43. The van der Waals surface area contributed by atoms with Gasteiger partial charge in [-0.1, -0.05) is 11.8 Å². The molecule has 0 amide bonds. The highest BCUT2D eigenvalue weighted by atomic mass is 32.2. The molecular formula is C14H12FNO4S. The van der Waals surface area contributed by atoms with Crippen molar-refractivity contribution in [3.8, 4) is 11.8 Å². The molecule has 21 heavy (non-hydrogen) atoms. The van der Waals surface area contributed by atoms with Gasteiger partial charge in [-0.25, -0.2) is 17.5 Å². The van der Waals surface area contributed by atoms with E-state index in [0.717, 1.165) is 18.2 Å². The minimum atomic E-state index is -3.87. The van der Waals surface area contributed by atoms with Crippen molar-refractivity contribution in [2.75, 3.05) is 6.61 Å². The number of hydrogen-bond donors (Lipinski definition) is 2. The summed E-state index contributed by atoms with van der Waals surface area (Å²) in [6, 6.07) is 6.43. The lowest BCUT2D eigenvalue weighted by Crippen LogP contribution is -2.24. The molecule has 1 heterocycles. The molecule has 110 valence electrons. The summed E-state index contributed by atoms with van der Waals surface area (Å²) in [7, 11) is -3.87. The van der Waals surface area contributed by atoms with Crippen molar-refractivity contribution in [2.24, 2.45) is 0 Å². The van der Waals surface area contributed by atoms with Crippen LogP contribution in [0.1, 0.15) is 11.3 Å². The Bertz CT molecular complexity index is 773. The Hall–Kier alpha value is -2.14. The maximum atomic E-state index is 13.2. The smallest absolute Gasteiger partial charge is 0.242 e. The number of hydrogen-bond acceptors (Lipinski definition) is 4. The number of rotatable bonds is 4. The van der Waals surface area contributed by atoms with Gasteiger partial charge in [-0.3, -0.25) is 0 Å². The zero-order valence-electron chi connectivity index (χ0n) is 10.8. The Morgan fingerprint density at radius 2 is 2.14 bits per heavy atom.